The summed E-state index contributed by atoms with van der Waals surface area (Å²) in [4.78, 5) is 121. The number of nitrogens with zero attached hydrogens (tertiary/aromatic N) is 15. The number of carbonyl (C=O) groups excluding carboxylic acids is 6. The van der Waals surface area contributed by atoms with Crippen LogP contribution in [-0.4, -0.2) is 144 Å². The quantitative estimate of drug-likeness (QED) is 0.0119. The molecule has 3 aliphatic rings. The molecule has 0 bridgehead atoms. The Morgan fingerprint density at radius 1 is 0.417 bits per heavy atom. The number of unbranched alkanes of at least 4 members (excludes halogenated alkanes) is 2. The molecule has 4 aromatic carbocycles. The van der Waals surface area contributed by atoms with E-state index in [0.29, 0.717) is 53.3 Å². The van der Waals surface area contributed by atoms with Crippen LogP contribution in [0.2, 0.25) is 0 Å². The molecule has 3 aliphatic carbocycles. The zero-order valence-corrected chi connectivity index (χ0v) is 74.2. The number of ether oxygens (including phenoxy) is 8. The highest BCUT2D eigenvalue weighted by atomic mass is 19.2. The molecule has 0 saturated heterocycles. The molecule has 0 spiro atoms. The van der Waals surface area contributed by atoms with Crippen LogP contribution < -0.4 is 29.5 Å². The van der Waals surface area contributed by atoms with Crippen molar-refractivity contribution in [3.05, 3.63) is 149 Å². The van der Waals surface area contributed by atoms with Crippen LogP contribution in [0.5, 0.6) is 23.3 Å². The Kier molecular flexibility index (Phi) is 32.5. The van der Waals surface area contributed by atoms with Crippen molar-refractivity contribution in [2.45, 2.75) is 273 Å². The molecule has 36 heteroatoms. The second kappa shape index (κ2) is 43.3. The molecule has 10 aromatic rings. The van der Waals surface area contributed by atoms with Crippen LogP contribution in [0.4, 0.5) is 64.4 Å². The topological polar surface area (TPSA) is 329 Å². The Bertz CT molecular complexity index is 5420. The van der Waals surface area contributed by atoms with Gasteiger partial charge in [-0.05, 0) is 186 Å². The van der Waals surface area contributed by atoms with Gasteiger partial charge in [0, 0.05) is 12.6 Å². The molecule has 3 amide bonds. The van der Waals surface area contributed by atoms with E-state index in [1.165, 1.54) is 106 Å². The number of nitrogens with one attached hydrogen (secondary N) is 1. The molecule has 127 heavy (non-hydrogen) atoms. The molecule has 1 N–H and O–H groups in total. The molecular formula is C91H112F6N16O14. The van der Waals surface area contributed by atoms with Crippen LogP contribution in [0.1, 0.15) is 240 Å². The number of esters is 3. The first-order valence-corrected chi connectivity index (χ1v) is 43.3. The molecular weight excluding hydrogens is 1660 g/mol. The Balaban J connectivity index is 0.000000187. The average molecular weight is 1770 g/mol. The molecule has 30 nitrogen and oxygen atoms in total. The van der Waals surface area contributed by atoms with E-state index in [2.05, 4.69) is 59.3 Å². The van der Waals surface area contributed by atoms with Gasteiger partial charge in [0.1, 0.15) is 48.0 Å². The molecule has 3 saturated carbocycles. The minimum absolute atomic E-state index is 0.00849. The predicted molar refractivity (Wildman–Crippen MR) is 462 cm³/mol. The highest BCUT2D eigenvalue weighted by Crippen LogP contribution is 2.40. The first-order chi connectivity index (χ1) is 60.6. The van der Waals surface area contributed by atoms with Gasteiger partial charge in [0.15, 0.2) is 39.3 Å². The maximum Gasteiger partial charge on any atom is 0.417 e. The van der Waals surface area contributed by atoms with Crippen LogP contribution in [0, 0.1) is 34.9 Å². The number of benzene rings is 4. The number of hydrogen-bond acceptors (Lipinski definition) is 24. The highest BCUT2D eigenvalue weighted by Gasteiger charge is 2.36. The van der Waals surface area contributed by atoms with Crippen molar-refractivity contribution in [1.29, 1.82) is 0 Å². The maximum absolute atomic E-state index is 14.7. The van der Waals surface area contributed by atoms with Gasteiger partial charge in [-0.2, -0.15) is 38.7 Å². The van der Waals surface area contributed by atoms with E-state index in [1.807, 2.05) is 57.2 Å². The molecule has 682 valence electrons. The number of imidazole rings is 3. The van der Waals surface area contributed by atoms with Gasteiger partial charge in [-0.15, -0.1) is 0 Å². The second-order valence-electron chi connectivity index (χ2n) is 34.2. The summed E-state index contributed by atoms with van der Waals surface area (Å²) in [5.74, 6) is -14.1. The number of fused-ring (bicyclic) bond motifs is 3. The normalized spacial score (nSPS) is 14.1. The van der Waals surface area contributed by atoms with Crippen molar-refractivity contribution in [1.82, 2.24) is 58.6 Å². The summed E-state index contributed by atoms with van der Waals surface area (Å²) in [5, 5.41) is 3.54. The zero-order chi connectivity index (χ0) is 91.4. The third kappa shape index (κ3) is 26.0. The van der Waals surface area contributed by atoms with Crippen molar-refractivity contribution in [2.24, 2.45) is 0 Å². The molecule has 6 aromatic heterocycles. The van der Waals surface area contributed by atoms with Crippen LogP contribution in [0.3, 0.4) is 0 Å². The lowest BCUT2D eigenvalue weighted by Gasteiger charge is -2.27. The van der Waals surface area contributed by atoms with E-state index in [-0.39, 0.29) is 91.5 Å². The zero-order valence-electron chi connectivity index (χ0n) is 74.2. The van der Waals surface area contributed by atoms with Crippen molar-refractivity contribution in [2.75, 3.05) is 46.4 Å². The summed E-state index contributed by atoms with van der Waals surface area (Å²) in [5.41, 5.74) is 2.62. The van der Waals surface area contributed by atoms with Crippen molar-refractivity contribution < 1.29 is 93.0 Å². The Morgan fingerprint density at radius 2 is 0.780 bits per heavy atom. The number of halogens is 6. The van der Waals surface area contributed by atoms with Gasteiger partial charge in [-0.3, -0.25) is 14.4 Å². The van der Waals surface area contributed by atoms with Gasteiger partial charge >= 0.3 is 36.2 Å². The average Bonchev–Trinajstić information content (AvgIpc) is 1.73. The fourth-order valence-electron chi connectivity index (χ4n) is 14.8. The molecule has 0 atom stereocenters. The minimum atomic E-state index is -2.38. The SMILES string of the molecule is CCCCCN(C(=O)OC(C)(C)C)c1nc(NC2CCCCC2)c2ncn(CC(=O)OCC)c2n1.CCOC(=O)Cn1cnc2c(Oc3c(F)c(F)c(F)c(F)c3F)nc(N(Cc3ccc(C4CCCCC4)cc3)C(=O)OC(C)(C)C)nc21.CCOC(=O)Cn1cnc2c(Oc3ccc(F)cc3)nc(N(Cc3ccc(C4CCCCC4)cc3)C(=O)OC(C)(C)C)nc21. The number of amides is 3. The number of carbonyl (C=O) groups is 6. The van der Waals surface area contributed by atoms with E-state index in [0.717, 1.165) is 87.4 Å². The standard InChI is InChI=1S/C33H34F5N5O5.C33H38FN5O5.C25H40N6O4/c1-5-46-21(44)16-42-17-39-27-29(42)40-31(41-30(27)47-28-25(37)23(35)22(34)24(36)26(28)38)43(32(45)48-33(2,3)4)15-18-11-13-20(14-12-18)19-9-7-6-8-10-19;1-5-42-27(40)20-38-21-35-28-29(38)36-31(37-30(28)43-26-17-15-25(34)16-18-26)39(32(41)44-33(2,3)4)19-22-11-13-24(14-12-22)23-9-7-6-8-10-23;1-6-8-12-15-31(24(33)35-25(3,4)5)23-28-21(27-18-13-10-9-11-14-18)20-22(29-23)30(17-26-20)16-19(32)34-7-2/h11-14,17,19H,5-10,15-16H2,1-4H3;11-18,21,23H,5-10,19-20H2,1-4H3;17-18H,6-16H2,1-5H3,(H,27,28,29). The van der Waals surface area contributed by atoms with Gasteiger partial charge in [0.25, 0.3) is 11.8 Å². The van der Waals surface area contributed by atoms with Crippen molar-refractivity contribution in [3.63, 3.8) is 0 Å². The summed E-state index contributed by atoms with van der Waals surface area (Å²) in [6.45, 7) is 23.3. The molecule has 0 unspecified atom stereocenters. The lowest BCUT2D eigenvalue weighted by Crippen LogP contribution is -2.38. The number of aromatic nitrogens is 12. The molecule has 3 fully saturated rings. The third-order valence-corrected chi connectivity index (χ3v) is 20.8. The highest BCUT2D eigenvalue weighted by molar-refractivity contribution is 5.92. The summed E-state index contributed by atoms with van der Waals surface area (Å²) in [6.07, 6.45) is 22.3. The number of rotatable bonds is 28. The lowest BCUT2D eigenvalue weighted by molar-refractivity contribution is -0.144. The largest absolute Gasteiger partial charge is 0.465 e. The third-order valence-electron chi connectivity index (χ3n) is 20.8. The summed E-state index contributed by atoms with van der Waals surface area (Å²) in [6, 6.07) is 21.6. The van der Waals surface area contributed by atoms with E-state index in [1.54, 1.807) is 73.2 Å². The van der Waals surface area contributed by atoms with Gasteiger partial charge < -0.3 is 56.9 Å². The van der Waals surface area contributed by atoms with Gasteiger partial charge in [-0.25, -0.2) is 61.6 Å². The van der Waals surface area contributed by atoms with E-state index in [9.17, 15) is 55.1 Å². The monoisotopic (exact) mass is 1770 g/mol. The van der Waals surface area contributed by atoms with Crippen molar-refractivity contribution >= 4 is 93.3 Å². The smallest absolute Gasteiger partial charge is 0.417 e. The Morgan fingerprint density at radius 3 is 1.17 bits per heavy atom. The second-order valence-corrected chi connectivity index (χ2v) is 34.2. The number of anilines is 4. The number of hydrogen-bond donors (Lipinski definition) is 1. The lowest BCUT2D eigenvalue weighted by atomic mass is 9.84. The first kappa shape index (κ1) is 95.4. The van der Waals surface area contributed by atoms with E-state index >= 15 is 0 Å². The summed E-state index contributed by atoms with van der Waals surface area (Å²) < 4.78 is 133. The molecule has 0 radical (unpaired) electrons. The van der Waals surface area contributed by atoms with Crippen molar-refractivity contribution in [3.8, 4) is 23.3 Å². The fourth-order valence-corrected chi connectivity index (χ4v) is 14.8. The maximum atomic E-state index is 14.7. The Labute approximate surface area is 733 Å². The fraction of sp³-hybridized carbons (Fsp3) is 0.505. The van der Waals surface area contributed by atoms with Gasteiger partial charge in [0.2, 0.25) is 52.7 Å². The van der Waals surface area contributed by atoms with Crippen LogP contribution in [0.25, 0.3) is 33.5 Å². The van der Waals surface area contributed by atoms with Crippen LogP contribution >= 0.6 is 0 Å². The molecule has 13 rings (SSSR count). The van der Waals surface area contributed by atoms with Crippen LogP contribution in [0.15, 0.2) is 91.8 Å². The molecule has 6 heterocycles. The van der Waals surface area contributed by atoms with E-state index < -0.39 is 106 Å². The van der Waals surface area contributed by atoms with Crippen LogP contribution in [-0.2, 0) is 75.5 Å². The molecule has 0 aliphatic heterocycles. The van der Waals surface area contributed by atoms with Gasteiger partial charge in [-0.1, -0.05) is 126 Å². The Hall–Kier alpha value is -12.3. The summed E-state index contributed by atoms with van der Waals surface area (Å²) in [7, 11) is 0. The van der Waals surface area contributed by atoms with E-state index in [4.69, 9.17) is 47.9 Å². The predicted octanol–water partition coefficient (Wildman–Crippen LogP) is 20.2. The van der Waals surface area contributed by atoms with Gasteiger partial charge in [0.05, 0.1) is 51.9 Å². The minimum Gasteiger partial charge on any atom is -0.465 e. The summed E-state index contributed by atoms with van der Waals surface area (Å²) >= 11 is 0. The first-order valence-electron chi connectivity index (χ1n) is 43.3.